The normalized spacial score (nSPS) is 21.9. The molecule has 0 amide bonds. The van der Waals surface area contributed by atoms with E-state index in [1.54, 1.807) is 0 Å². The van der Waals surface area contributed by atoms with Crippen LogP contribution in [-0.2, 0) is 9.59 Å². The molecular formula is C14H12FNO4. The number of aromatic nitrogens is 1. The predicted molar refractivity (Wildman–Crippen MR) is 68.3 cm³/mol. The molecule has 0 bridgehead atoms. The van der Waals surface area contributed by atoms with Crippen LogP contribution in [0.1, 0.15) is 18.9 Å². The van der Waals surface area contributed by atoms with Gasteiger partial charge in [0.05, 0.1) is 5.41 Å². The third-order valence-corrected chi connectivity index (χ3v) is 3.19. The average Bonchev–Trinajstić information content (AvgIpc) is 2.38. The van der Waals surface area contributed by atoms with Crippen molar-refractivity contribution in [3.05, 3.63) is 47.6 Å². The fourth-order valence-electron chi connectivity index (χ4n) is 2.06. The number of halogens is 1. The lowest BCUT2D eigenvalue weighted by molar-refractivity contribution is -0.145. The minimum absolute atomic E-state index is 0.00303. The van der Waals surface area contributed by atoms with Crippen molar-refractivity contribution in [1.29, 1.82) is 0 Å². The highest BCUT2D eigenvalue weighted by Crippen LogP contribution is 2.37. The van der Waals surface area contributed by atoms with Crippen molar-refractivity contribution in [1.82, 2.24) is 4.98 Å². The van der Waals surface area contributed by atoms with E-state index in [-0.39, 0.29) is 12.0 Å². The molecule has 2 rings (SSSR count). The third kappa shape index (κ3) is 2.59. The van der Waals surface area contributed by atoms with E-state index in [0.29, 0.717) is 11.1 Å². The van der Waals surface area contributed by atoms with Gasteiger partial charge in [-0.3, -0.25) is 4.79 Å². The molecule has 20 heavy (non-hydrogen) atoms. The molecule has 6 heteroatoms. The number of rotatable bonds is 3. The third-order valence-electron chi connectivity index (χ3n) is 3.19. The molecule has 1 aromatic rings. The molecule has 1 atom stereocenters. The van der Waals surface area contributed by atoms with Gasteiger partial charge in [-0.25, -0.2) is 9.78 Å². The second kappa shape index (κ2) is 4.88. The summed E-state index contributed by atoms with van der Waals surface area (Å²) in [5.74, 6) is -2.94. The Labute approximate surface area is 114 Å². The van der Waals surface area contributed by atoms with Crippen LogP contribution in [0.25, 0.3) is 5.57 Å². The van der Waals surface area contributed by atoms with Crippen LogP contribution < -0.4 is 0 Å². The lowest BCUT2D eigenvalue weighted by atomic mass is 9.76. The highest BCUT2D eigenvalue weighted by molar-refractivity contribution is 5.96. The Morgan fingerprint density at radius 2 is 2.05 bits per heavy atom. The van der Waals surface area contributed by atoms with Gasteiger partial charge >= 0.3 is 11.9 Å². The number of hydrogen-bond acceptors (Lipinski definition) is 3. The second-order valence-corrected chi connectivity index (χ2v) is 4.84. The average molecular weight is 277 g/mol. The highest BCUT2D eigenvalue weighted by Gasteiger charge is 2.36. The van der Waals surface area contributed by atoms with E-state index in [1.807, 2.05) is 0 Å². The zero-order valence-corrected chi connectivity index (χ0v) is 10.6. The first-order valence-electron chi connectivity index (χ1n) is 5.84. The van der Waals surface area contributed by atoms with Gasteiger partial charge in [-0.1, -0.05) is 6.08 Å². The summed E-state index contributed by atoms with van der Waals surface area (Å²) < 4.78 is 12.8. The monoisotopic (exact) mass is 277 g/mol. The lowest BCUT2D eigenvalue weighted by Crippen LogP contribution is -2.29. The van der Waals surface area contributed by atoms with Crippen LogP contribution in [0.2, 0.25) is 0 Å². The predicted octanol–water partition coefficient (Wildman–Crippen LogP) is 2.11. The van der Waals surface area contributed by atoms with Crippen LogP contribution in [0.4, 0.5) is 4.39 Å². The van der Waals surface area contributed by atoms with Crippen LogP contribution >= 0.6 is 0 Å². The quantitative estimate of drug-likeness (QED) is 0.826. The van der Waals surface area contributed by atoms with Crippen molar-refractivity contribution in [3.8, 4) is 0 Å². The van der Waals surface area contributed by atoms with Gasteiger partial charge in [0, 0.05) is 11.8 Å². The summed E-state index contributed by atoms with van der Waals surface area (Å²) in [6, 6.07) is 2.56. The lowest BCUT2D eigenvalue weighted by Gasteiger charge is -2.26. The summed E-state index contributed by atoms with van der Waals surface area (Å²) in [5.41, 5.74) is -0.438. The molecule has 2 N–H and O–H groups in total. The van der Waals surface area contributed by atoms with Gasteiger partial charge in [-0.05, 0) is 42.7 Å². The zero-order valence-electron chi connectivity index (χ0n) is 10.6. The van der Waals surface area contributed by atoms with E-state index in [9.17, 15) is 19.1 Å². The van der Waals surface area contributed by atoms with Crippen molar-refractivity contribution < 1.29 is 24.2 Å². The first-order valence-corrected chi connectivity index (χ1v) is 5.84. The standard InChI is InChI=1S/C14H12FNO4/c1-14(13(19)20)5-9(4-10(6-14)12(17)18)8-2-3-11(15)16-7-8/h2-5,7H,6H2,1H3,(H,17,18)(H,19,20). The minimum Gasteiger partial charge on any atom is -0.481 e. The molecule has 0 saturated carbocycles. The van der Waals surface area contributed by atoms with E-state index in [1.165, 1.54) is 31.3 Å². The second-order valence-electron chi connectivity index (χ2n) is 4.84. The molecule has 1 aliphatic rings. The highest BCUT2D eigenvalue weighted by atomic mass is 19.1. The van der Waals surface area contributed by atoms with Gasteiger partial charge < -0.3 is 10.2 Å². The van der Waals surface area contributed by atoms with Crippen LogP contribution in [0, 0.1) is 11.4 Å². The van der Waals surface area contributed by atoms with Crippen LogP contribution in [0.5, 0.6) is 0 Å². The molecule has 0 spiro atoms. The Hall–Kier alpha value is -2.50. The number of allylic oxidation sites excluding steroid dienone is 2. The van der Waals surface area contributed by atoms with Gasteiger partial charge in [0.25, 0.3) is 0 Å². The maximum Gasteiger partial charge on any atom is 0.331 e. The molecule has 0 aromatic carbocycles. The Balaban J connectivity index is 2.52. The number of nitrogens with zero attached hydrogens (tertiary/aromatic N) is 1. The van der Waals surface area contributed by atoms with E-state index in [0.717, 1.165) is 6.07 Å². The van der Waals surface area contributed by atoms with Gasteiger partial charge in [0.15, 0.2) is 0 Å². The molecule has 104 valence electrons. The van der Waals surface area contributed by atoms with Crippen LogP contribution in [-0.4, -0.2) is 27.1 Å². The van der Waals surface area contributed by atoms with Gasteiger partial charge in [-0.15, -0.1) is 0 Å². The van der Waals surface area contributed by atoms with Crippen molar-refractivity contribution in [3.63, 3.8) is 0 Å². The van der Waals surface area contributed by atoms with Gasteiger partial charge in [0.2, 0.25) is 5.95 Å². The summed E-state index contributed by atoms with van der Waals surface area (Å²) in [5, 5.41) is 18.4. The topological polar surface area (TPSA) is 87.5 Å². The number of carbonyl (C=O) groups is 2. The molecule has 0 fully saturated rings. The maximum absolute atomic E-state index is 12.8. The van der Waals surface area contributed by atoms with E-state index in [4.69, 9.17) is 5.11 Å². The molecule has 1 aliphatic carbocycles. The number of aliphatic carboxylic acids is 2. The summed E-state index contributed by atoms with van der Waals surface area (Å²) in [4.78, 5) is 26.0. The van der Waals surface area contributed by atoms with Crippen LogP contribution in [0.15, 0.2) is 36.1 Å². The number of carboxylic acid groups (broad SMARTS) is 2. The summed E-state index contributed by atoms with van der Waals surface area (Å²) in [6.45, 7) is 1.45. The SMILES string of the molecule is CC1(C(=O)O)C=C(c2ccc(F)nc2)C=C(C(=O)O)C1. The Morgan fingerprint density at radius 3 is 2.55 bits per heavy atom. The van der Waals surface area contributed by atoms with Crippen molar-refractivity contribution in [2.45, 2.75) is 13.3 Å². The summed E-state index contributed by atoms with van der Waals surface area (Å²) >= 11 is 0. The zero-order chi connectivity index (χ0) is 14.9. The van der Waals surface area contributed by atoms with E-state index < -0.39 is 23.3 Å². The Bertz CT molecular complexity index is 633. The number of hydrogen-bond donors (Lipinski definition) is 2. The van der Waals surface area contributed by atoms with E-state index >= 15 is 0 Å². The number of pyridine rings is 1. The molecule has 1 heterocycles. The molecule has 1 aromatic heterocycles. The summed E-state index contributed by atoms with van der Waals surface area (Å²) in [7, 11) is 0. The van der Waals surface area contributed by atoms with Crippen LogP contribution in [0.3, 0.4) is 0 Å². The first-order chi connectivity index (χ1) is 9.32. The van der Waals surface area contributed by atoms with Crippen molar-refractivity contribution in [2.24, 2.45) is 5.41 Å². The smallest absolute Gasteiger partial charge is 0.331 e. The van der Waals surface area contributed by atoms with E-state index in [2.05, 4.69) is 4.98 Å². The Morgan fingerprint density at radius 1 is 1.35 bits per heavy atom. The van der Waals surface area contributed by atoms with Crippen molar-refractivity contribution in [2.75, 3.05) is 0 Å². The van der Waals surface area contributed by atoms with Gasteiger partial charge in [0.1, 0.15) is 0 Å². The Kier molecular flexibility index (Phi) is 3.40. The fraction of sp³-hybridized carbons (Fsp3) is 0.214. The minimum atomic E-state index is -1.31. The summed E-state index contributed by atoms with van der Waals surface area (Å²) in [6.07, 6.45) is 4.00. The largest absolute Gasteiger partial charge is 0.481 e. The molecule has 0 radical (unpaired) electrons. The number of carboxylic acids is 2. The molecular weight excluding hydrogens is 265 g/mol. The molecule has 0 aliphatic heterocycles. The maximum atomic E-state index is 12.8. The molecule has 1 unspecified atom stereocenters. The van der Waals surface area contributed by atoms with Crippen molar-refractivity contribution >= 4 is 17.5 Å². The first kappa shape index (κ1) is 13.9. The molecule has 5 nitrogen and oxygen atoms in total. The van der Waals surface area contributed by atoms with Gasteiger partial charge in [-0.2, -0.15) is 4.39 Å². The fourth-order valence-corrected chi connectivity index (χ4v) is 2.06. The molecule has 0 saturated heterocycles.